The molecule has 0 saturated carbocycles. The predicted octanol–water partition coefficient (Wildman–Crippen LogP) is 2.14. The lowest BCUT2D eigenvalue weighted by Crippen LogP contribution is -2.48. The first-order chi connectivity index (χ1) is 14.0. The van der Waals surface area contributed by atoms with Crippen LogP contribution >= 0.6 is 0 Å². The molecular formula is C20H22F2N6O. The van der Waals surface area contributed by atoms with Gasteiger partial charge in [-0.1, -0.05) is 0 Å². The number of halogens is 2. The lowest BCUT2D eigenvalue weighted by atomic mass is 9.93. The van der Waals surface area contributed by atoms with E-state index in [1.165, 1.54) is 18.1 Å². The summed E-state index contributed by atoms with van der Waals surface area (Å²) in [6.07, 6.45) is 1.52. The maximum absolute atomic E-state index is 14.1. The van der Waals surface area contributed by atoms with Gasteiger partial charge in [0.15, 0.2) is 11.7 Å². The van der Waals surface area contributed by atoms with Gasteiger partial charge in [-0.3, -0.25) is 4.90 Å². The maximum atomic E-state index is 14.1. The van der Waals surface area contributed by atoms with Crippen LogP contribution in [0.4, 0.5) is 8.78 Å². The molecule has 9 heteroatoms. The van der Waals surface area contributed by atoms with E-state index < -0.39 is 23.8 Å². The molecule has 152 valence electrons. The fourth-order valence-electron chi connectivity index (χ4n) is 4.43. The number of aromatic nitrogens is 2. The summed E-state index contributed by atoms with van der Waals surface area (Å²) in [6, 6.07) is 3.07. The van der Waals surface area contributed by atoms with E-state index in [0.717, 1.165) is 36.7 Å². The van der Waals surface area contributed by atoms with Gasteiger partial charge in [0.2, 0.25) is 0 Å². The minimum absolute atomic E-state index is 0.0971. The van der Waals surface area contributed by atoms with Crippen LogP contribution < -0.4 is 5.73 Å². The van der Waals surface area contributed by atoms with E-state index in [9.17, 15) is 8.78 Å². The second-order valence-electron chi connectivity index (χ2n) is 7.65. The van der Waals surface area contributed by atoms with Crippen LogP contribution in [0.25, 0.3) is 0 Å². The van der Waals surface area contributed by atoms with Crippen LogP contribution in [0.15, 0.2) is 28.2 Å². The molecule has 1 saturated heterocycles. The zero-order chi connectivity index (χ0) is 20.1. The molecule has 2 N–H and O–H groups in total. The summed E-state index contributed by atoms with van der Waals surface area (Å²) in [5.41, 5.74) is 8.70. The minimum atomic E-state index is -0.643. The smallest absolute Gasteiger partial charge is 0.198 e. The van der Waals surface area contributed by atoms with Crippen LogP contribution in [-0.2, 0) is 24.4 Å². The first-order valence-corrected chi connectivity index (χ1v) is 9.80. The van der Waals surface area contributed by atoms with E-state index in [4.69, 9.17) is 15.5 Å². The standard InChI is InChI=1S/C20H22F2N6O/c1-2-28-17-8-27(7-16(17)26-20(28)19-24-10-25-19)12-6-15(23)18(29-9-12)13-5-11(21)3-4-14(13)22/h3-5,10,12,15,18H,2,6-9,23H2,1H3/t12-,15+,18-/m1/s1. The van der Waals surface area contributed by atoms with Crippen molar-refractivity contribution in [2.45, 2.75) is 51.2 Å². The van der Waals surface area contributed by atoms with Gasteiger partial charge in [-0.2, -0.15) is 0 Å². The Labute approximate surface area is 166 Å². The van der Waals surface area contributed by atoms with Gasteiger partial charge in [-0.15, -0.1) is 0 Å². The molecule has 4 heterocycles. The molecule has 29 heavy (non-hydrogen) atoms. The van der Waals surface area contributed by atoms with Gasteiger partial charge in [-0.25, -0.2) is 23.7 Å². The molecular weight excluding hydrogens is 378 g/mol. The van der Waals surface area contributed by atoms with E-state index in [0.29, 0.717) is 25.4 Å². The Kier molecular flexibility index (Phi) is 4.53. The van der Waals surface area contributed by atoms with E-state index >= 15 is 0 Å². The molecule has 1 aromatic carbocycles. The third-order valence-corrected chi connectivity index (χ3v) is 5.92. The largest absolute Gasteiger partial charge is 0.370 e. The second-order valence-corrected chi connectivity index (χ2v) is 7.65. The Morgan fingerprint density at radius 2 is 2.10 bits per heavy atom. The van der Waals surface area contributed by atoms with E-state index in [-0.39, 0.29) is 11.6 Å². The summed E-state index contributed by atoms with van der Waals surface area (Å²) in [5.74, 6) is 0.510. The van der Waals surface area contributed by atoms with Crippen molar-refractivity contribution in [3.05, 3.63) is 52.6 Å². The average molecular weight is 400 g/mol. The zero-order valence-corrected chi connectivity index (χ0v) is 16.1. The van der Waals surface area contributed by atoms with Crippen LogP contribution in [0.5, 0.6) is 0 Å². The van der Waals surface area contributed by atoms with Crippen molar-refractivity contribution < 1.29 is 13.5 Å². The molecule has 5 rings (SSSR count). The van der Waals surface area contributed by atoms with Crippen LogP contribution in [0.1, 0.15) is 42.2 Å². The summed E-state index contributed by atoms with van der Waals surface area (Å²) in [7, 11) is 0. The minimum Gasteiger partial charge on any atom is -0.370 e. The Balaban J connectivity index is 1.30. The molecule has 3 aliphatic heterocycles. The van der Waals surface area contributed by atoms with Crippen molar-refractivity contribution >= 4 is 12.2 Å². The molecule has 0 spiro atoms. The molecule has 3 atom stereocenters. The first kappa shape index (κ1) is 18.5. The number of rotatable bonds is 4. The number of nitrogens with two attached hydrogens (primary N) is 1. The number of amidine groups is 1. The van der Waals surface area contributed by atoms with Crippen LogP contribution in [-0.4, -0.2) is 45.3 Å². The number of aliphatic imine (C=N–C) groups is 2. The third kappa shape index (κ3) is 3.09. The first-order valence-electron chi connectivity index (χ1n) is 9.80. The van der Waals surface area contributed by atoms with Crippen LogP contribution in [0.3, 0.4) is 0 Å². The lowest BCUT2D eigenvalue weighted by molar-refractivity contribution is -0.0535. The number of nitrogens with zero attached hydrogens (tertiary/aromatic N) is 5. The van der Waals surface area contributed by atoms with Gasteiger partial charge in [0, 0.05) is 37.3 Å². The fraction of sp³-hybridized carbons (Fsp3) is 0.450. The molecule has 0 radical (unpaired) electrons. The van der Waals surface area contributed by atoms with E-state index in [1.807, 2.05) is 0 Å². The lowest BCUT2D eigenvalue weighted by Gasteiger charge is -2.38. The molecule has 3 aliphatic rings. The number of benzene rings is 1. The number of hydrogen-bond acceptors (Lipinski definition) is 6. The van der Waals surface area contributed by atoms with Gasteiger partial charge >= 0.3 is 0 Å². The van der Waals surface area contributed by atoms with Gasteiger partial charge in [0.1, 0.15) is 24.1 Å². The van der Waals surface area contributed by atoms with Crippen molar-refractivity contribution in [1.82, 2.24) is 14.5 Å². The van der Waals surface area contributed by atoms with E-state index in [2.05, 4.69) is 26.4 Å². The molecule has 0 unspecified atom stereocenters. The number of fused-ring (bicyclic) bond motifs is 1. The molecule has 1 fully saturated rings. The third-order valence-electron chi connectivity index (χ3n) is 5.92. The number of hydrogen-bond donors (Lipinski definition) is 1. The predicted molar refractivity (Wildman–Crippen MR) is 104 cm³/mol. The van der Waals surface area contributed by atoms with Gasteiger partial charge < -0.3 is 15.0 Å². The highest BCUT2D eigenvalue weighted by Gasteiger charge is 2.38. The highest BCUT2D eigenvalue weighted by atomic mass is 19.1. The monoisotopic (exact) mass is 400 g/mol. The summed E-state index contributed by atoms with van der Waals surface area (Å²) < 4.78 is 35.8. The summed E-state index contributed by atoms with van der Waals surface area (Å²) in [5, 5.41) is 0. The Morgan fingerprint density at radius 3 is 2.79 bits per heavy atom. The molecule has 2 aromatic rings. The Bertz CT molecular complexity index is 1020. The van der Waals surface area contributed by atoms with Crippen molar-refractivity contribution in [1.29, 1.82) is 0 Å². The Morgan fingerprint density at radius 1 is 1.28 bits per heavy atom. The van der Waals surface area contributed by atoms with Gasteiger partial charge in [0.05, 0.1) is 18.0 Å². The van der Waals surface area contributed by atoms with Gasteiger partial charge in [0.25, 0.3) is 0 Å². The quantitative estimate of drug-likeness (QED) is 0.853. The topological polar surface area (TPSA) is 81.0 Å². The summed E-state index contributed by atoms with van der Waals surface area (Å²) >= 11 is 0. The number of imidazole rings is 1. The molecule has 1 aromatic heterocycles. The fourth-order valence-corrected chi connectivity index (χ4v) is 4.43. The van der Waals surface area contributed by atoms with Crippen molar-refractivity contribution in [3.63, 3.8) is 0 Å². The van der Waals surface area contributed by atoms with Crippen LogP contribution in [0, 0.1) is 11.6 Å². The highest BCUT2D eigenvalue weighted by molar-refractivity contribution is 6.10. The van der Waals surface area contributed by atoms with Crippen molar-refractivity contribution in [2.75, 3.05) is 6.61 Å². The van der Waals surface area contributed by atoms with Crippen LogP contribution in [0.2, 0.25) is 0 Å². The van der Waals surface area contributed by atoms with E-state index in [1.54, 1.807) is 0 Å². The Hall–Kier alpha value is -2.49. The second kappa shape index (κ2) is 7.08. The normalized spacial score (nSPS) is 26.3. The molecule has 7 nitrogen and oxygen atoms in total. The maximum Gasteiger partial charge on any atom is 0.198 e. The van der Waals surface area contributed by atoms with Gasteiger partial charge in [-0.05, 0) is 31.5 Å². The zero-order valence-electron chi connectivity index (χ0n) is 16.1. The molecule has 0 bridgehead atoms. The van der Waals surface area contributed by atoms with Crippen molar-refractivity contribution in [3.8, 4) is 0 Å². The average Bonchev–Trinajstić information content (AvgIpc) is 3.20. The van der Waals surface area contributed by atoms with Crippen molar-refractivity contribution in [2.24, 2.45) is 15.7 Å². The highest BCUT2D eigenvalue weighted by Crippen LogP contribution is 2.34. The molecule has 0 amide bonds. The summed E-state index contributed by atoms with van der Waals surface area (Å²) in [6.45, 7) is 4.73. The SMILES string of the molecule is CCn1c(C2=NC=N2)nc2c1CN([C@H]1CO[C@H](c3cc(F)ccc3F)[C@@H](N)C1)C2. The molecule has 0 aliphatic carbocycles. The summed E-state index contributed by atoms with van der Waals surface area (Å²) in [4.78, 5) is 15.4. The number of ether oxygens (including phenoxy) is 1.